The Balaban J connectivity index is 3.45. The fourth-order valence-corrected chi connectivity index (χ4v) is 0.462. The van der Waals surface area contributed by atoms with Gasteiger partial charge in [0.05, 0.1) is 14.0 Å². The van der Waals surface area contributed by atoms with Gasteiger partial charge in [0.1, 0.15) is 0 Å². The molecule has 0 spiro atoms. The van der Waals surface area contributed by atoms with E-state index in [0.29, 0.717) is 12.0 Å². The third-order valence-corrected chi connectivity index (χ3v) is 1.14. The summed E-state index contributed by atoms with van der Waals surface area (Å²) in [4.78, 5) is 0. The summed E-state index contributed by atoms with van der Waals surface area (Å²) in [5, 5.41) is 17.3. The second-order valence-electron chi connectivity index (χ2n) is 1.89. The highest BCUT2D eigenvalue weighted by atomic mass is 16.3. The zero-order chi connectivity index (χ0) is 7.28. The smallest absolute Gasteiger partial charge is 0.0762 e. The first-order chi connectivity index (χ1) is 4.22. The molecule has 0 unspecified atom stereocenters. The molecule has 2 nitrogen and oxygen atoms in total. The second-order valence-corrected chi connectivity index (χ2v) is 1.89. The van der Waals surface area contributed by atoms with E-state index in [9.17, 15) is 0 Å². The van der Waals surface area contributed by atoms with Gasteiger partial charge in [0.15, 0.2) is 0 Å². The summed E-state index contributed by atoms with van der Waals surface area (Å²) in [6.45, 7) is 3.48. The van der Waals surface area contributed by atoms with Crippen LogP contribution in [-0.2, 0) is 0 Å². The van der Waals surface area contributed by atoms with E-state index in [4.69, 9.17) is 18.1 Å². The van der Waals surface area contributed by atoms with Crippen molar-refractivity contribution in [3.63, 3.8) is 0 Å². The number of aliphatic hydroxyl groups is 2. The molecule has 2 N–H and O–H groups in total. The predicted octanol–water partition coefficient (Wildman–Crippen LogP) is -0.127. The van der Waals surface area contributed by atoms with Crippen LogP contribution in [0.2, 0.25) is 6.32 Å². The van der Waals surface area contributed by atoms with Crippen LogP contribution in [0.15, 0.2) is 12.2 Å². The summed E-state index contributed by atoms with van der Waals surface area (Å²) in [5.74, 6) is 0. The molecule has 1 atom stereocenters. The fourth-order valence-electron chi connectivity index (χ4n) is 0.462. The zero-order valence-corrected chi connectivity index (χ0v) is 5.38. The van der Waals surface area contributed by atoms with Crippen LogP contribution in [0.4, 0.5) is 0 Å². The first-order valence-electron chi connectivity index (χ1n) is 2.89. The third kappa shape index (κ3) is 3.33. The lowest BCUT2D eigenvalue weighted by atomic mass is 9.93. The minimum absolute atomic E-state index is 0.0276. The minimum atomic E-state index is -0.639. The van der Waals surface area contributed by atoms with Gasteiger partial charge in [0.25, 0.3) is 0 Å². The topological polar surface area (TPSA) is 40.5 Å². The van der Waals surface area contributed by atoms with Crippen molar-refractivity contribution in [1.82, 2.24) is 0 Å². The minimum Gasteiger partial charge on any atom is -0.396 e. The van der Waals surface area contributed by atoms with E-state index >= 15 is 0 Å². The molecular weight excluding hydrogens is 115 g/mol. The number of aliphatic hydroxyl groups excluding tert-OH is 2. The summed E-state index contributed by atoms with van der Waals surface area (Å²) in [7, 11) is 5.16. The average molecular weight is 126 g/mol. The normalized spacial score (nSPS) is 13.1. The molecule has 0 fully saturated rings. The first kappa shape index (κ1) is 8.72. The van der Waals surface area contributed by atoms with E-state index in [-0.39, 0.29) is 12.9 Å². The van der Waals surface area contributed by atoms with Crippen LogP contribution in [0.5, 0.6) is 0 Å². The number of hydrogen-bond donors (Lipinski definition) is 2. The van der Waals surface area contributed by atoms with Crippen molar-refractivity contribution in [2.45, 2.75) is 18.8 Å². The molecular formula is C6H11BO2. The van der Waals surface area contributed by atoms with Gasteiger partial charge in [0, 0.05) is 13.0 Å². The molecule has 0 aliphatic rings. The molecule has 0 rings (SSSR count). The Morgan fingerprint density at radius 2 is 2.22 bits per heavy atom. The molecule has 0 aromatic carbocycles. The largest absolute Gasteiger partial charge is 0.396 e. The summed E-state index contributed by atoms with van der Waals surface area (Å²) in [6, 6.07) is 0. The highest BCUT2D eigenvalue weighted by molar-refractivity contribution is 6.10. The van der Waals surface area contributed by atoms with E-state index in [2.05, 4.69) is 6.58 Å². The Hall–Kier alpha value is -0.275. The van der Waals surface area contributed by atoms with Crippen molar-refractivity contribution in [3.05, 3.63) is 12.2 Å². The van der Waals surface area contributed by atoms with Crippen molar-refractivity contribution in [2.75, 3.05) is 6.61 Å². The molecule has 0 aromatic rings. The summed E-state index contributed by atoms with van der Waals surface area (Å²) >= 11 is 0. The van der Waals surface area contributed by atoms with E-state index in [1.807, 2.05) is 0 Å². The molecule has 9 heavy (non-hydrogen) atoms. The van der Waals surface area contributed by atoms with Gasteiger partial charge in [-0.3, -0.25) is 0 Å². The van der Waals surface area contributed by atoms with E-state index in [1.165, 1.54) is 0 Å². The number of hydrogen-bond acceptors (Lipinski definition) is 2. The van der Waals surface area contributed by atoms with Crippen LogP contribution in [0.25, 0.3) is 0 Å². The van der Waals surface area contributed by atoms with E-state index < -0.39 is 6.10 Å². The predicted molar refractivity (Wildman–Crippen MR) is 37.4 cm³/mol. The Morgan fingerprint density at radius 1 is 1.67 bits per heavy atom. The van der Waals surface area contributed by atoms with Crippen molar-refractivity contribution < 1.29 is 10.2 Å². The molecule has 0 amide bonds. The Bertz CT molecular complexity index is 93.1. The highest BCUT2D eigenvalue weighted by Gasteiger charge is 2.03. The molecule has 0 aliphatic carbocycles. The lowest BCUT2D eigenvalue weighted by Crippen LogP contribution is -2.10. The molecule has 0 aliphatic heterocycles. The van der Waals surface area contributed by atoms with Gasteiger partial charge in [-0.05, 0) is 0 Å². The summed E-state index contributed by atoms with van der Waals surface area (Å²) < 4.78 is 0. The molecule has 50 valence electrons. The van der Waals surface area contributed by atoms with Gasteiger partial charge in [-0.25, -0.2) is 0 Å². The Kier molecular flexibility index (Phi) is 4.45. The van der Waals surface area contributed by atoms with E-state index in [1.54, 1.807) is 0 Å². The zero-order valence-electron chi connectivity index (χ0n) is 5.38. The standard InChI is InChI=1S/C6H11BO2/c1-5(4-7)6(9)2-3-8/h6,8-9H,1-4H2/t6-/m0/s1. The molecule has 3 heteroatoms. The van der Waals surface area contributed by atoms with Gasteiger partial charge in [-0.2, -0.15) is 0 Å². The maximum Gasteiger partial charge on any atom is 0.0762 e. The van der Waals surface area contributed by atoms with Gasteiger partial charge in [-0.15, -0.1) is 0 Å². The van der Waals surface area contributed by atoms with Crippen molar-refractivity contribution in [3.8, 4) is 0 Å². The van der Waals surface area contributed by atoms with Crippen LogP contribution < -0.4 is 0 Å². The Morgan fingerprint density at radius 3 is 2.56 bits per heavy atom. The maximum absolute atomic E-state index is 8.98. The van der Waals surface area contributed by atoms with Crippen LogP contribution >= 0.6 is 0 Å². The molecule has 0 saturated carbocycles. The van der Waals surface area contributed by atoms with Gasteiger partial charge >= 0.3 is 0 Å². The van der Waals surface area contributed by atoms with Gasteiger partial charge < -0.3 is 10.2 Å². The molecule has 0 aromatic heterocycles. The van der Waals surface area contributed by atoms with Crippen LogP contribution in [0.1, 0.15) is 6.42 Å². The first-order valence-corrected chi connectivity index (χ1v) is 2.89. The van der Waals surface area contributed by atoms with Crippen LogP contribution in [0, 0.1) is 0 Å². The molecule has 0 bridgehead atoms. The SMILES string of the molecule is [B]CC(=C)[C@@H](O)CCO. The van der Waals surface area contributed by atoms with E-state index in [0.717, 1.165) is 0 Å². The molecule has 0 heterocycles. The number of rotatable bonds is 4. The molecule has 2 radical (unpaired) electrons. The lowest BCUT2D eigenvalue weighted by Gasteiger charge is -2.09. The fraction of sp³-hybridized carbons (Fsp3) is 0.667. The van der Waals surface area contributed by atoms with Crippen LogP contribution in [-0.4, -0.2) is 30.8 Å². The summed E-state index contributed by atoms with van der Waals surface area (Å²) in [6.07, 6.45) is -0.0306. The highest BCUT2D eigenvalue weighted by Crippen LogP contribution is 2.05. The second kappa shape index (κ2) is 4.59. The van der Waals surface area contributed by atoms with Crippen LogP contribution in [0.3, 0.4) is 0 Å². The monoisotopic (exact) mass is 126 g/mol. The maximum atomic E-state index is 8.98. The van der Waals surface area contributed by atoms with Gasteiger partial charge in [-0.1, -0.05) is 18.5 Å². The average Bonchev–Trinajstić information content (AvgIpc) is 1.87. The quantitative estimate of drug-likeness (QED) is 0.407. The lowest BCUT2D eigenvalue weighted by molar-refractivity contribution is 0.161. The third-order valence-electron chi connectivity index (χ3n) is 1.14. The Labute approximate surface area is 56.6 Å². The van der Waals surface area contributed by atoms with Crippen molar-refractivity contribution >= 4 is 7.85 Å². The van der Waals surface area contributed by atoms with Gasteiger partial charge in [0.2, 0.25) is 0 Å². The van der Waals surface area contributed by atoms with Crippen molar-refractivity contribution in [1.29, 1.82) is 0 Å². The summed E-state index contributed by atoms with van der Waals surface area (Å²) in [5.41, 5.74) is 0.573. The van der Waals surface area contributed by atoms with Crippen molar-refractivity contribution in [2.24, 2.45) is 0 Å². The molecule has 0 saturated heterocycles.